The molecule has 1 fully saturated rings. The van der Waals surface area contributed by atoms with E-state index in [4.69, 9.17) is 12.2 Å². The number of hydrogen-bond donors (Lipinski definition) is 2. The Kier molecular flexibility index (Phi) is 4.38. The van der Waals surface area contributed by atoms with Crippen molar-refractivity contribution in [1.29, 1.82) is 0 Å². The van der Waals surface area contributed by atoms with Crippen LogP contribution in [0.3, 0.4) is 0 Å². The molecule has 2 amide bonds. The van der Waals surface area contributed by atoms with Crippen molar-refractivity contribution < 1.29 is 14.7 Å². The van der Waals surface area contributed by atoms with Gasteiger partial charge in [0.15, 0.2) is 3.95 Å². The van der Waals surface area contributed by atoms with Gasteiger partial charge in [-0.05, 0) is 37.3 Å². The molecule has 2 aliphatic rings. The fraction of sp³-hybridized carbons (Fsp3) is 0.190. The maximum Gasteiger partial charge on any atom is 0.248 e. The maximum absolute atomic E-state index is 13.5. The largest absolute Gasteiger partial charge is 0.508 e. The van der Waals surface area contributed by atoms with Crippen molar-refractivity contribution >= 4 is 52.8 Å². The standard InChI is InChI=1S/C21H16N2O3S3/c1-10-6-8-11(9-7-10)23-19(25)15-14(12-4-2-3-5-13(12)24)16-18(22-21(27)29-16)28-17(15)20(23)26/h2-9,14-15,17,24H,1H3,(H,22,27). The minimum absolute atomic E-state index is 0.113. The van der Waals surface area contributed by atoms with Gasteiger partial charge in [0.05, 0.1) is 16.6 Å². The molecule has 0 spiro atoms. The Balaban J connectivity index is 1.67. The van der Waals surface area contributed by atoms with Gasteiger partial charge >= 0.3 is 0 Å². The summed E-state index contributed by atoms with van der Waals surface area (Å²) in [5.74, 6) is -1.39. The molecule has 0 saturated carbocycles. The van der Waals surface area contributed by atoms with Gasteiger partial charge in [0, 0.05) is 16.4 Å². The summed E-state index contributed by atoms with van der Waals surface area (Å²) < 4.78 is 0.596. The minimum Gasteiger partial charge on any atom is -0.508 e. The molecule has 0 aliphatic carbocycles. The summed E-state index contributed by atoms with van der Waals surface area (Å²) in [6.07, 6.45) is 0. The molecule has 5 nitrogen and oxygen atoms in total. The number of H-pyrrole nitrogens is 1. The fourth-order valence-corrected chi connectivity index (χ4v) is 7.00. The summed E-state index contributed by atoms with van der Waals surface area (Å²) >= 11 is 8.08. The lowest BCUT2D eigenvalue weighted by Crippen LogP contribution is -2.32. The highest BCUT2D eigenvalue weighted by Crippen LogP contribution is 2.55. The number of carbonyl (C=O) groups is 2. The van der Waals surface area contributed by atoms with Gasteiger partial charge in [-0.2, -0.15) is 0 Å². The number of thiazole rings is 1. The van der Waals surface area contributed by atoms with Crippen LogP contribution in [0.1, 0.15) is 21.9 Å². The summed E-state index contributed by atoms with van der Waals surface area (Å²) in [7, 11) is 0. The molecule has 1 aromatic heterocycles. The smallest absolute Gasteiger partial charge is 0.248 e. The molecule has 146 valence electrons. The van der Waals surface area contributed by atoms with Gasteiger partial charge in [-0.3, -0.25) is 9.59 Å². The lowest BCUT2D eigenvalue weighted by Gasteiger charge is -2.30. The van der Waals surface area contributed by atoms with E-state index in [2.05, 4.69) is 4.98 Å². The predicted molar refractivity (Wildman–Crippen MR) is 116 cm³/mol. The molecule has 3 heterocycles. The normalized spacial score (nSPS) is 23.2. The first-order valence-electron chi connectivity index (χ1n) is 9.07. The summed E-state index contributed by atoms with van der Waals surface area (Å²) in [4.78, 5) is 32.2. The first kappa shape index (κ1) is 18.6. The summed E-state index contributed by atoms with van der Waals surface area (Å²) in [6, 6.07) is 14.4. The lowest BCUT2D eigenvalue weighted by atomic mass is 9.82. The Morgan fingerprint density at radius 2 is 1.79 bits per heavy atom. The van der Waals surface area contributed by atoms with Gasteiger partial charge in [-0.25, -0.2) is 4.90 Å². The number of aromatic amines is 1. The molecule has 0 bridgehead atoms. The highest BCUT2D eigenvalue weighted by Gasteiger charge is 2.56. The molecule has 2 N–H and O–H groups in total. The van der Waals surface area contributed by atoms with Crippen molar-refractivity contribution in [3.8, 4) is 5.75 Å². The third-order valence-electron chi connectivity index (χ3n) is 5.39. The van der Waals surface area contributed by atoms with E-state index in [1.807, 2.05) is 31.2 Å². The third-order valence-corrected chi connectivity index (χ3v) is 8.14. The number of nitrogens with zero attached hydrogens (tertiary/aromatic N) is 1. The van der Waals surface area contributed by atoms with Crippen molar-refractivity contribution in [2.24, 2.45) is 5.92 Å². The number of thioether (sulfide) groups is 1. The number of phenolic OH excluding ortho intramolecular Hbond substituents is 1. The Morgan fingerprint density at radius 3 is 2.52 bits per heavy atom. The molecule has 0 radical (unpaired) electrons. The molecular formula is C21H16N2O3S3. The number of rotatable bonds is 2. The van der Waals surface area contributed by atoms with E-state index < -0.39 is 17.1 Å². The van der Waals surface area contributed by atoms with Crippen LogP contribution in [0.5, 0.6) is 5.75 Å². The average molecular weight is 441 g/mol. The van der Waals surface area contributed by atoms with E-state index in [0.717, 1.165) is 15.5 Å². The first-order valence-corrected chi connectivity index (χ1v) is 11.2. The third kappa shape index (κ3) is 2.86. The Morgan fingerprint density at radius 1 is 1.07 bits per heavy atom. The second-order valence-corrected chi connectivity index (χ2v) is 10.0. The number of aromatic nitrogens is 1. The fourth-order valence-electron chi connectivity index (χ4n) is 4.05. The van der Waals surface area contributed by atoms with Crippen molar-refractivity contribution in [2.75, 3.05) is 4.90 Å². The minimum atomic E-state index is -0.601. The van der Waals surface area contributed by atoms with Crippen molar-refractivity contribution in [3.63, 3.8) is 0 Å². The van der Waals surface area contributed by atoms with Gasteiger partial charge in [0.2, 0.25) is 11.8 Å². The number of nitrogens with one attached hydrogen (secondary N) is 1. The number of amides is 2. The van der Waals surface area contributed by atoms with E-state index in [0.29, 0.717) is 15.2 Å². The zero-order valence-corrected chi connectivity index (χ0v) is 17.7. The molecule has 3 unspecified atom stereocenters. The van der Waals surface area contributed by atoms with Crippen LogP contribution >= 0.6 is 35.3 Å². The lowest BCUT2D eigenvalue weighted by molar-refractivity contribution is -0.122. The summed E-state index contributed by atoms with van der Waals surface area (Å²) in [5, 5.41) is 10.8. The summed E-state index contributed by atoms with van der Waals surface area (Å²) in [5.41, 5.74) is 2.27. The second kappa shape index (κ2) is 6.83. The van der Waals surface area contributed by atoms with Gasteiger partial charge in [-0.15, -0.1) is 11.3 Å². The highest BCUT2D eigenvalue weighted by molar-refractivity contribution is 8.01. The van der Waals surface area contributed by atoms with E-state index in [-0.39, 0.29) is 17.6 Å². The van der Waals surface area contributed by atoms with Crippen molar-refractivity contribution in [1.82, 2.24) is 4.98 Å². The number of carbonyl (C=O) groups excluding carboxylic acids is 2. The molecule has 8 heteroatoms. The number of phenols is 1. The zero-order chi connectivity index (χ0) is 20.3. The molecule has 1 saturated heterocycles. The van der Waals surface area contributed by atoms with Crippen LogP contribution < -0.4 is 4.90 Å². The Bertz CT molecular complexity index is 1200. The van der Waals surface area contributed by atoms with Crippen LogP contribution in [0.2, 0.25) is 0 Å². The molecule has 3 aromatic rings. The highest BCUT2D eigenvalue weighted by atomic mass is 32.2. The second-order valence-electron chi connectivity index (χ2n) is 7.16. The SMILES string of the molecule is Cc1ccc(N2C(=O)C3Sc4[nH]c(=S)sc4C(c4ccccc4O)C3C2=O)cc1. The molecule has 2 aliphatic heterocycles. The van der Waals surface area contributed by atoms with E-state index in [1.165, 1.54) is 28.0 Å². The number of hydrogen-bond acceptors (Lipinski definition) is 6. The van der Waals surface area contributed by atoms with E-state index in [1.54, 1.807) is 24.3 Å². The monoisotopic (exact) mass is 440 g/mol. The molecule has 5 rings (SSSR count). The maximum atomic E-state index is 13.5. The van der Waals surface area contributed by atoms with E-state index >= 15 is 0 Å². The van der Waals surface area contributed by atoms with Gasteiger partial charge < -0.3 is 10.1 Å². The number of aryl methyl sites for hydroxylation is 1. The van der Waals surface area contributed by atoms with Crippen molar-refractivity contribution in [3.05, 3.63) is 68.5 Å². The van der Waals surface area contributed by atoms with Crippen LogP contribution in [-0.4, -0.2) is 27.2 Å². The first-order chi connectivity index (χ1) is 14.0. The van der Waals surface area contributed by atoms with Crippen LogP contribution in [-0.2, 0) is 9.59 Å². The predicted octanol–water partition coefficient (Wildman–Crippen LogP) is 4.62. The van der Waals surface area contributed by atoms with E-state index in [9.17, 15) is 14.7 Å². The van der Waals surface area contributed by atoms with Crippen LogP contribution in [0.25, 0.3) is 0 Å². The Labute approximate surface area is 180 Å². The quantitative estimate of drug-likeness (QED) is 0.450. The number of anilines is 1. The number of imide groups is 1. The molecule has 2 aromatic carbocycles. The summed E-state index contributed by atoms with van der Waals surface area (Å²) in [6.45, 7) is 1.96. The number of fused-ring (bicyclic) bond motifs is 2. The number of benzene rings is 2. The topological polar surface area (TPSA) is 73.4 Å². The van der Waals surface area contributed by atoms with Crippen molar-refractivity contribution in [2.45, 2.75) is 23.1 Å². The number of para-hydroxylation sites is 1. The zero-order valence-electron chi connectivity index (χ0n) is 15.3. The van der Waals surface area contributed by atoms with Crippen LogP contribution in [0, 0.1) is 16.8 Å². The van der Waals surface area contributed by atoms with Gasteiger partial charge in [0.1, 0.15) is 11.0 Å². The van der Waals surface area contributed by atoms with Gasteiger partial charge in [-0.1, -0.05) is 47.7 Å². The molecule has 29 heavy (non-hydrogen) atoms. The number of aromatic hydroxyl groups is 1. The average Bonchev–Trinajstić information content (AvgIpc) is 3.19. The molecular weight excluding hydrogens is 424 g/mol. The van der Waals surface area contributed by atoms with Gasteiger partial charge in [0.25, 0.3) is 0 Å². The molecule has 3 atom stereocenters. The van der Waals surface area contributed by atoms with Crippen LogP contribution in [0.15, 0.2) is 53.6 Å². The van der Waals surface area contributed by atoms with Crippen LogP contribution in [0.4, 0.5) is 5.69 Å². The Hall–Kier alpha value is -2.42.